The molecular formula is C16H22N2O2S2. The Morgan fingerprint density at radius 2 is 2.18 bits per heavy atom. The summed E-state index contributed by atoms with van der Waals surface area (Å²) in [6, 6.07) is 8.38. The van der Waals surface area contributed by atoms with Gasteiger partial charge in [0, 0.05) is 17.5 Å². The average Bonchev–Trinajstić information content (AvgIpc) is 2.92. The van der Waals surface area contributed by atoms with Crippen molar-refractivity contribution < 1.29 is 8.42 Å². The van der Waals surface area contributed by atoms with Crippen molar-refractivity contribution in [2.75, 3.05) is 23.0 Å². The zero-order valence-corrected chi connectivity index (χ0v) is 14.7. The molecule has 120 valence electrons. The molecule has 2 atom stereocenters. The molecule has 0 spiro atoms. The van der Waals surface area contributed by atoms with Crippen LogP contribution in [0.3, 0.4) is 0 Å². The summed E-state index contributed by atoms with van der Waals surface area (Å²) < 4.78 is 23.4. The van der Waals surface area contributed by atoms with Crippen molar-refractivity contribution in [3.05, 3.63) is 29.8 Å². The van der Waals surface area contributed by atoms with Gasteiger partial charge in [0.15, 0.2) is 15.0 Å². The van der Waals surface area contributed by atoms with E-state index in [2.05, 4.69) is 43.0 Å². The summed E-state index contributed by atoms with van der Waals surface area (Å²) in [4.78, 5) is 6.99. The van der Waals surface area contributed by atoms with Crippen LogP contribution in [0.25, 0.3) is 0 Å². The molecule has 2 aliphatic rings. The van der Waals surface area contributed by atoms with Gasteiger partial charge in [0.25, 0.3) is 0 Å². The Kier molecular flexibility index (Phi) is 4.50. The van der Waals surface area contributed by atoms with E-state index in [1.807, 2.05) is 0 Å². The lowest BCUT2D eigenvalue weighted by atomic mass is 10.2. The molecule has 1 saturated heterocycles. The molecule has 22 heavy (non-hydrogen) atoms. The molecular weight excluding hydrogens is 316 g/mol. The van der Waals surface area contributed by atoms with E-state index >= 15 is 0 Å². The van der Waals surface area contributed by atoms with E-state index in [0.29, 0.717) is 0 Å². The number of fused-ring (bicyclic) bond motifs is 1. The molecule has 1 aromatic rings. The fourth-order valence-corrected chi connectivity index (χ4v) is 6.73. The molecule has 1 aromatic carbocycles. The summed E-state index contributed by atoms with van der Waals surface area (Å²) in [6.45, 7) is 5.20. The Labute approximate surface area is 136 Å². The quantitative estimate of drug-likeness (QED) is 0.847. The number of aryl methyl sites for hydroxylation is 1. The van der Waals surface area contributed by atoms with Crippen LogP contribution in [-0.2, 0) is 9.84 Å². The maximum absolute atomic E-state index is 11.7. The summed E-state index contributed by atoms with van der Waals surface area (Å²) in [5.74, 6) is 0.481. The monoisotopic (exact) mass is 338 g/mol. The smallest absolute Gasteiger partial charge is 0.164 e. The van der Waals surface area contributed by atoms with Crippen LogP contribution >= 0.6 is 11.8 Å². The average molecular weight is 338 g/mol. The van der Waals surface area contributed by atoms with Gasteiger partial charge in [-0.15, -0.1) is 0 Å². The number of hydrogen-bond donors (Lipinski definition) is 0. The highest BCUT2D eigenvalue weighted by Crippen LogP contribution is 2.37. The molecule has 0 saturated carbocycles. The number of nitrogens with zero attached hydrogens (tertiary/aromatic N) is 2. The fraction of sp³-hybridized carbons (Fsp3) is 0.562. The zero-order chi connectivity index (χ0) is 15.7. The number of unbranched alkanes of at least 4 members (excludes halogenated alkanes) is 1. The largest absolute Gasteiger partial charge is 0.321 e. The van der Waals surface area contributed by atoms with Crippen LogP contribution in [0.5, 0.6) is 0 Å². The van der Waals surface area contributed by atoms with Crippen molar-refractivity contribution in [1.29, 1.82) is 0 Å². The van der Waals surface area contributed by atoms with Gasteiger partial charge in [0.05, 0.1) is 17.5 Å². The number of anilines is 1. The van der Waals surface area contributed by atoms with Crippen molar-refractivity contribution in [2.45, 2.75) is 38.0 Å². The second-order valence-corrected chi connectivity index (χ2v) is 9.42. The van der Waals surface area contributed by atoms with Crippen LogP contribution in [0.15, 0.2) is 29.3 Å². The van der Waals surface area contributed by atoms with Crippen molar-refractivity contribution in [3.8, 4) is 0 Å². The third-order valence-corrected chi connectivity index (χ3v) is 7.33. The van der Waals surface area contributed by atoms with Crippen LogP contribution in [0.4, 0.5) is 5.69 Å². The topological polar surface area (TPSA) is 49.7 Å². The predicted molar refractivity (Wildman–Crippen MR) is 94.7 cm³/mol. The molecule has 1 fully saturated rings. The summed E-state index contributed by atoms with van der Waals surface area (Å²) in [5.41, 5.74) is 2.38. The standard InChI is InChI=1S/C16H22N2O2S2/c1-3-4-8-18(13-7-5-6-12(2)9-13)16-17-14-10-22(19,20)11-15(14)21-16/h5-7,9,14-15H,3-4,8,10-11H2,1-2H3/t14-,15+/m1/s1. The lowest BCUT2D eigenvalue weighted by Crippen LogP contribution is -2.29. The van der Waals surface area contributed by atoms with Crippen molar-refractivity contribution in [3.63, 3.8) is 0 Å². The third kappa shape index (κ3) is 3.33. The summed E-state index contributed by atoms with van der Waals surface area (Å²) in [6.07, 6.45) is 2.22. The number of amidine groups is 1. The van der Waals surface area contributed by atoms with Gasteiger partial charge < -0.3 is 4.90 Å². The highest BCUT2D eigenvalue weighted by atomic mass is 32.2. The molecule has 4 nitrogen and oxygen atoms in total. The van der Waals surface area contributed by atoms with E-state index in [1.54, 1.807) is 11.8 Å². The Balaban J connectivity index is 1.85. The molecule has 6 heteroatoms. The molecule has 0 amide bonds. The van der Waals surface area contributed by atoms with Crippen LogP contribution in [0, 0.1) is 6.92 Å². The first-order valence-electron chi connectivity index (χ1n) is 7.77. The first-order valence-corrected chi connectivity index (χ1v) is 10.5. The minimum absolute atomic E-state index is 0.0565. The molecule has 0 unspecified atom stereocenters. The first-order chi connectivity index (χ1) is 10.5. The summed E-state index contributed by atoms with van der Waals surface area (Å²) in [7, 11) is -2.89. The van der Waals surface area contributed by atoms with Gasteiger partial charge in [-0.2, -0.15) is 0 Å². The number of aliphatic imine (C=N–C) groups is 1. The highest BCUT2D eigenvalue weighted by Gasteiger charge is 2.43. The van der Waals surface area contributed by atoms with E-state index in [9.17, 15) is 8.42 Å². The second kappa shape index (κ2) is 6.24. The predicted octanol–water partition coefficient (Wildman–Crippen LogP) is 2.87. The Morgan fingerprint density at radius 3 is 2.86 bits per heavy atom. The lowest BCUT2D eigenvalue weighted by Gasteiger charge is -2.24. The van der Waals surface area contributed by atoms with E-state index in [4.69, 9.17) is 4.99 Å². The number of rotatable bonds is 4. The van der Waals surface area contributed by atoms with Crippen molar-refractivity contribution in [1.82, 2.24) is 0 Å². The lowest BCUT2D eigenvalue weighted by molar-refractivity contribution is 0.601. The van der Waals surface area contributed by atoms with E-state index < -0.39 is 9.84 Å². The van der Waals surface area contributed by atoms with Gasteiger partial charge in [0.1, 0.15) is 0 Å². The van der Waals surface area contributed by atoms with Gasteiger partial charge in [-0.1, -0.05) is 37.2 Å². The minimum Gasteiger partial charge on any atom is -0.321 e. The van der Waals surface area contributed by atoms with Gasteiger partial charge in [-0.25, -0.2) is 8.42 Å². The van der Waals surface area contributed by atoms with E-state index in [0.717, 1.165) is 30.2 Å². The van der Waals surface area contributed by atoms with Crippen LogP contribution in [0.2, 0.25) is 0 Å². The molecule has 0 bridgehead atoms. The third-order valence-electron chi connectivity index (χ3n) is 4.08. The molecule has 2 aliphatic heterocycles. The SMILES string of the molecule is CCCCN(C1=N[C@@H]2CS(=O)(=O)C[C@@H]2S1)c1cccc(C)c1. The van der Waals surface area contributed by atoms with Gasteiger partial charge in [-0.3, -0.25) is 4.99 Å². The normalized spacial score (nSPS) is 25.8. The maximum atomic E-state index is 11.7. The van der Waals surface area contributed by atoms with Crippen LogP contribution < -0.4 is 4.90 Å². The van der Waals surface area contributed by atoms with Crippen molar-refractivity contribution in [2.24, 2.45) is 4.99 Å². The Bertz CT molecular complexity index is 685. The second-order valence-electron chi connectivity index (χ2n) is 6.06. The number of sulfone groups is 1. The molecule has 0 aliphatic carbocycles. The van der Waals surface area contributed by atoms with Gasteiger partial charge in [0.2, 0.25) is 0 Å². The summed E-state index contributed by atoms with van der Waals surface area (Å²) in [5, 5.41) is 1.10. The minimum atomic E-state index is -2.89. The highest BCUT2D eigenvalue weighted by molar-refractivity contribution is 8.15. The molecule has 2 heterocycles. The first kappa shape index (κ1) is 15.9. The maximum Gasteiger partial charge on any atom is 0.164 e. The molecule has 0 aromatic heterocycles. The number of thioether (sulfide) groups is 1. The fourth-order valence-electron chi connectivity index (χ4n) is 2.92. The van der Waals surface area contributed by atoms with Crippen LogP contribution in [-0.4, -0.2) is 42.9 Å². The Morgan fingerprint density at radius 1 is 1.36 bits per heavy atom. The van der Waals surface area contributed by atoms with E-state index in [1.165, 1.54) is 5.56 Å². The zero-order valence-electron chi connectivity index (χ0n) is 13.0. The summed E-state index contributed by atoms with van der Waals surface area (Å²) >= 11 is 1.64. The van der Waals surface area contributed by atoms with E-state index in [-0.39, 0.29) is 22.8 Å². The van der Waals surface area contributed by atoms with Gasteiger partial charge >= 0.3 is 0 Å². The number of hydrogen-bond acceptors (Lipinski definition) is 5. The molecule has 0 radical (unpaired) electrons. The molecule has 3 rings (SSSR count). The Hall–Kier alpha value is -1.01. The number of benzene rings is 1. The molecule has 0 N–H and O–H groups in total. The van der Waals surface area contributed by atoms with Gasteiger partial charge in [-0.05, 0) is 31.0 Å². The van der Waals surface area contributed by atoms with Crippen molar-refractivity contribution >= 4 is 32.5 Å². The van der Waals surface area contributed by atoms with Crippen LogP contribution in [0.1, 0.15) is 25.3 Å².